The average molecular weight is 191 g/mol. The van der Waals surface area contributed by atoms with Crippen molar-refractivity contribution >= 4 is 11.0 Å². The Balaban J connectivity index is 2.61. The Morgan fingerprint density at radius 2 is 1.79 bits per heavy atom. The molecule has 2 aromatic rings. The molecule has 0 atom stereocenters. The van der Waals surface area contributed by atoms with E-state index in [4.69, 9.17) is 0 Å². The van der Waals surface area contributed by atoms with Crippen molar-refractivity contribution in [3.63, 3.8) is 0 Å². The third kappa shape index (κ3) is 1.24. The smallest absolute Gasteiger partial charge is 0.0870 e. The molecule has 3 heteroatoms. The number of nitrogens with zero attached hydrogens (tertiary/aromatic N) is 3. The number of hydrogen-bond donors (Lipinski definition) is 0. The second kappa shape index (κ2) is 3.15. The summed E-state index contributed by atoms with van der Waals surface area (Å²) >= 11 is 0. The summed E-state index contributed by atoms with van der Waals surface area (Å²) in [7, 11) is 0. The Morgan fingerprint density at radius 3 is 2.36 bits per heavy atom. The Kier molecular flexibility index (Phi) is 2.10. The second-order valence-corrected chi connectivity index (χ2v) is 4.27. The molecule has 0 saturated heterocycles. The van der Waals surface area contributed by atoms with Crippen LogP contribution in [-0.4, -0.2) is 14.3 Å². The molecule has 0 saturated carbocycles. The normalized spacial score (nSPS) is 12.1. The highest BCUT2D eigenvalue weighted by atomic mass is 15.3. The molecule has 76 valence electrons. The zero-order chi connectivity index (χ0) is 10.3. The van der Waals surface area contributed by atoms with Gasteiger partial charge in [-0.1, -0.05) is 0 Å². The fraction of sp³-hybridized carbons (Fsp3) is 0.545. The molecular formula is C11H17N3. The zero-order valence-corrected chi connectivity index (χ0v) is 9.23. The molecule has 0 aliphatic heterocycles. The van der Waals surface area contributed by atoms with Gasteiger partial charge >= 0.3 is 0 Å². The van der Waals surface area contributed by atoms with E-state index in [-0.39, 0.29) is 0 Å². The predicted molar refractivity (Wildman–Crippen MR) is 58.5 cm³/mol. The molecular weight excluding hydrogens is 174 g/mol. The van der Waals surface area contributed by atoms with E-state index in [1.807, 2.05) is 6.20 Å². The van der Waals surface area contributed by atoms with Crippen LogP contribution in [0, 0.1) is 0 Å². The lowest BCUT2D eigenvalue weighted by molar-refractivity contribution is 0.551. The van der Waals surface area contributed by atoms with Crippen LogP contribution in [0.3, 0.4) is 0 Å². The van der Waals surface area contributed by atoms with Gasteiger partial charge in [0.2, 0.25) is 0 Å². The Hall–Kier alpha value is -1.25. The number of aromatic nitrogens is 3. The Morgan fingerprint density at radius 1 is 1.07 bits per heavy atom. The number of hydrogen-bond acceptors (Lipinski definition) is 1. The number of fused-ring (bicyclic) bond motifs is 1. The third-order valence-corrected chi connectivity index (χ3v) is 2.53. The minimum atomic E-state index is 0.426. The van der Waals surface area contributed by atoms with Gasteiger partial charge in [-0.15, -0.1) is 0 Å². The summed E-state index contributed by atoms with van der Waals surface area (Å²) in [5.41, 5.74) is 2.46. The minimum Gasteiger partial charge on any atom is -0.342 e. The first-order valence-electron chi connectivity index (χ1n) is 5.15. The highest BCUT2D eigenvalue weighted by molar-refractivity contribution is 5.76. The van der Waals surface area contributed by atoms with Gasteiger partial charge in [0.15, 0.2) is 0 Å². The lowest BCUT2D eigenvalue weighted by Gasteiger charge is -2.06. The highest BCUT2D eigenvalue weighted by Crippen LogP contribution is 2.21. The van der Waals surface area contributed by atoms with Crippen molar-refractivity contribution in [3.8, 4) is 0 Å². The van der Waals surface area contributed by atoms with Gasteiger partial charge in [-0.2, -0.15) is 5.10 Å². The first kappa shape index (κ1) is 9.31. The molecule has 0 aromatic carbocycles. The van der Waals surface area contributed by atoms with Crippen LogP contribution in [0.25, 0.3) is 11.0 Å². The second-order valence-electron chi connectivity index (χ2n) is 4.27. The van der Waals surface area contributed by atoms with Crippen LogP contribution < -0.4 is 0 Å². The van der Waals surface area contributed by atoms with E-state index in [9.17, 15) is 0 Å². The average Bonchev–Trinajstić information content (AvgIpc) is 2.59. The summed E-state index contributed by atoms with van der Waals surface area (Å²) in [6, 6.07) is 3.07. The molecule has 2 heterocycles. The van der Waals surface area contributed by atoms with Crippen LogP contribution in [0.4, 0.5) is 0 Å². The fourth-order valence-electron chi connectivity index (χ4n) is 1.82. The first-order chi connectivity index (χ1) is 6.61. The van der Waals surface area contributed by atoms with E-state index < -0.39 is 0 Å². The molecule has 14 heavy (non-hydrogen) atoms. The van der Waals surface area contributed by atoms with Crippen molar-refractivity contribution in [3.05, 3.63) is 18.5 Å². The van der Waals surface area contributed by atoms with Crippen molar-refractivity contribution in [2.24, 2.45) is 0 Å². The zero-order valence-electron chi connectivity index (χ0n) is 9.23. The van der Waals surface area contributed by atoms with Gasteiger partial charge in [-0.05, 0) is 33.8 Å². The van der Waals surface area contributed by atoms with E-state index in [1.165, 1.54) is 11.0 Å². The fourth-order valence-corrected chi connectivity index (χ4v) is 1.82. The molecule has 0 N–H and O–H groups in total. The van der Waals surface area contributed by atoms with E-state index in [0.717, 1.165) is 0 Å². The maximum absolute atomic E-state index is 4.39. The summed E-state index contributed by atoms with van der Waals surface area (Å²) in [5, 5.41) is 4.39. The van der Waals surface area contributed by atoms with Crippen LogP contribution in [0.15, 0.2) is 18.5 Å². The predicted octanol–water partition coefficient (Wildman–Crippen LogP) is 3.00. The molecule has 0 radical (unpaired) electrons. The molecule has 3 nitrogen and oxygen atoms in total. The minimum absolute atomic E-state index is 0.426. The SMILES string of the molecule is CC(C)n1ccc2c1cnn2C(C)C. The standard InChI is InChI=1S/C11H17N3/c1-8(2)13-6-5-10-11(13)7-12-14(10)9(3)4/h5-9H,1-4H3. The van der Waals surface area contributed by atoms with Crippen molar-refractivity contribution in [2.45, 2.75) is 39.8 Å². The van der Waals surface area contributed by atoms with Crippen LogP contribution >= 0.6 is 0 Å². The first-order valence-corrected chi connectivity index (χ1v) is 5.15. The Labute approximate surface area is 84.3 Å². The van der Waals surface area contributed by atoms with E-state index in [2.05, 4.69) is 54.3 Å². The van der Waals surface area contributed by atoms with Gasteiger partial charge in [0.05, 0.1) is 17.2 Å². The summed E-state index contributed by atoms with van der Waals surface area (Å²) < 4.78 is 4.31. The molecule has 0 bridgehead atoms. The van der Waals surface area contributed by atoms with Gasteiger partial charge in [-0.25, -0.2) is 0 Å². The van der Waals surface area contributed by atoms with Crippen LogP contribution in [0.5, 0.6) is 0 Å². The summed E-state index contributed by atoms with van der Waals surface area (Å²) in [4.78, 5) is 0. The van der Waals surface area contributed by atoms with Crippen LogP contribution in [0.2, 0.25) is 0 Å². The van der Waals surface area contributed by atoms with E-state index in [0.29, 0.717) is 12.1 Å². The van der Waals surface area contributed by atoms with Crippen molar-refractivity contribution in [1.82, 2.24) is 14.3 Å². The Bertz CT molecular complexity index is 392. The number of rotatable bonds is 2. The van der Waals surface area contributed by atoms with Crippen LogP contribution in [-0.2, 0) is 0 Å². The molecule has 0 amide bonds. The van der Waals surface area contributed by atoms with Crippen molar-refractivity contribution < 1.29 is 0 Å². The largest absolute Gasteiger partial charge is 0.342 e. The summed E-state index contributed by atoms with van der Waals surface area (Å²) in [6.45, 7) is 8.68. The van der Waals surface area contributed by atoms with Gasteiger partial charge in [0.1, 0.15) is 0 Å². The summed E-state index contributed by atoms with van der Waals surface area (Å²) in [5.74, 6) is 0. The quantitative estimate of drug-likeness (QED) is 0.715. The van der Waals surface area contributed by atoms with Gasteiger partial charge in [0, 0.05) is 18.3 Å². The molecule has 0 aliphatic rings. The molecule has 0 spiro atoms. The molecule has 0 aliphatic carbocycles. The maximum atomic E-state index is 4.39. The third-order valence-electron chi connectivity index (χ3n) is 2.53. The van der Waals surface area contributed by atoms with E-state index in [1.54, 1.807) is 0 Å². The van der Waals surface area contributed by atoms with Crippen molar-refractivity contribution in [2.75, 3.05) is 0 Å². The van der Waals surface area contributed by atoms with Gasteiger partial charge in [-0.3, -0.25) is 4.68 Å². The van der Waals surface area contributed by atoms with Gasteiger partial charge < -0.3 is 4.57 Å². The topological polar surface area (TPSA) is 22.8 Å². The lowest BCUT2D eigenvalue weighted by Crippen LogP contribution is -2.01. The molecule has 2 rings (SSSR count). The molecule has 2 aromatic heterocycles. The maximum Gasteiger partial charge on any atom is 0.0870 e. The van der Waals surface area contributed by atoms with Crippen molar-refractivity contribution in [1.29, 1.82) is 0 Å². The molecule has 0 fully saturated rings. The molecule has 0 unspecified atom stereocenters. The highest BCUT2D eigenvalue weighted by Gasteiger charge is 2.10. The van der Waals surface area contributed by atoms with Crippen LogP contribution in [0.1, 0.15) is 39.8 Å². The van der Waals surface area contributed by atoms with Gasteiger partial charge in [0.25, 0.3) is 0 Å². The summed E-state index contributed by atoms with van der Waals surface area (Å²) in [6.07, 6.45) is 4.09. The van der Waals surface area contributed by atoms with E-state index >= 15 is 0 Å². The monoisotopic (exact) mass is 191 g/mol. The lowest BCUT2D eigenvalue weighted by atomic mass is 10.3.